The molecule has 1 fully saturated rings. The molecule has 15 heavy (non-hydrogen) atoms. The first-order valence-corrected chi connectivity index (χ1v) is 6.64. The minimum atomic E-state index is -0.155. The van der Waals surface area contributed by atoms with E-state index in [0.717, 1.165) is 24.6 Å². The van der Waals surface area contributed by atoms with Gasteiger partial charge in [0.1, 0.15) is 0 Å². The van der Waals surface area contributed by atoms with Crippen LogP contribution in [0.4, 0.5) is 0 Å². The van der Waals surface area contributed by atoms with E-state index in [9.17, 15) is 4.79 Å². The Morgan fingerprint density at radius 1 is 1.60 bits per heavy atom. The number of halogens is 1. The summed E-state index contributed by atoms with van der Waals surface area (Å²) in [6.45, 7) is 2.03. The van der Waals surface area contributed by atoms with E-state index in [0.29, 0.717) is 6.42 Å². The fourth-order valence-corrected chi connectivity index (χ4v) is 2.57. The highest BCUT2D eigenvalue weighted by atomic mass is 79.9. The number of amides is 1. The van der Waals surface area contributed by atoms with Gasteiger partial charge in [-0.1, -0.05) is 15.9 Å². The number of carbonyl (C=O) groups excluding carboxylic acids is 1. The second kappa shape index (κ2) is 5.85. The van der Waals surface area contributed by atoms with E-state index in [4.69, 9.17) is 4.74 Å². The third-order valence-electron chi connectivity index (χ3n) is 3.13. The van der Waals surface area contributed by atoms with Crippen molar-refractivity contribution in [2.45, 2.75) is 50.7 Å². The second-order valence-electron chi connectivity index (χ2n) is 4.36. The standard InChI is InChI=1S/C11H20BrNO2/c1-9(4-7-12)13-10(14)8-11(15-2)5-3-6-11/h9H,3-8H2,1-2H3,(H,13,14). The zero-order valence-electron chi connectivity index (χ0n) is 9.51. The minimum absolute atomic E-state index is 0.116. The van der Waals surface area contributed by atoms with Crippen LogP contribution in [0.25, 0.3) is 0 Å². The smallest absolute Gasteiger partial charge is 0.223 e. The summed E-state index contributed by atoms with van der Waals surface area (Å²) >= 11 is 3.36. The molecule has 1 atom stereocenters. The van der Waals surface area contributed by atoms with Crippen LogP contribution in [0.5, 0.6) is 0 Å². The highest BCUT2D eigenvalue weighted by Gasteiger charge is 2.39. The predicted molar refractivity (Wildman–Crippen MR) is 64.2 cm³/mol. The molecule has 0 radical (unpaired) electrons. The number of methoxy groups -OCH3 is 1. The molecule has 1 unspecified atom stereocenters. The maximum Gasteiger partial charge on any atom is 0.223 e. The quantitative estimate of drug-likeness (QED) is 0.757. The lowest BCUT2D eigenvalue weighted by Gasteiger charge is -2.40. The average molecular weight is 278 g/mol. The van der Waals surface area contributed by atoms with Crippen LogP contribution in [0, 0.1) is 0 Å². The van der Waals surface area contributed by atoms with Gasteiger partial charge < -0.3 is 10.1 Å². The van der Waals surface area contributed by atoms with Gasteiger partial charge in [0.25, 0.3) is 0 Å². The third kappa shape index (κ3) is 3.76. The van der Waals surface area contributed by atoms with Crippen molar-refractivity contribution in [3.63, 3.8) is 0 Å². The Bertz CT molecular complexity index is 211. The Balaban J connectivity index is 2.28. The molecule has 0 aliphatic heterocycles. The summed E-state index contributed by atoms with van der Waals surface area (Å²) in [6.07, 6.45) is 4.69. The molecule has 1 aliphatic carbocycles. The topological polar surface area (TPSA) is 38.3 Å². The van der Waals surface area contributed by atoms with Crippen LogP contribution in [0.15, 0.2) is 0 Å². The van der Waals surface area contributed by atoms with E-state index in [1.165, 1.54) is 6.42 Å². The summed E-state index contributed by atoms with van der Waals surface area (Å²) in [4.78, 5) is 11.7. The molecule has 4 heteroatoms. The lowest BCUT2D eigenvalue weighted by atomic mass is 9.77. The number of hydrogen-bond acceptors (Lipinski definition) is 2. The van der Waals surface area contributed by atoms with Gasteiger partial charge in [-0.05, 0) is 32.6 Å². The van der Waals surface area contributed by atoms with E-state index < -0.39 is 0 Å². The molecule has 1 amide bonds. The summed E-state index contributed by atoms with van der Waals surface area (Å²) in [6, 6.07) is 0.242. The van der Waals surface area contributed by atoms with E-state index in [1.54, 1.807) is 7.11 Å². The summed E-state index contributed by atoms with van der Waals surface area (Å²) in [5.41, 5.74) is -0.155. The number of nitrogens with one attached hydrogen (secondary N) is 1. The Hall–Kier alpha value is -0.0900. The van der Waals surface area contributed by atoms with Crippen molar-refractivity contribution in [3.8, 4) is 0 Å². The van der Waals surface area contributed by atoms with Gasteiger partial charge in [0.05, 0.1) is 12.0 Å². The summed E-state index contributed by atoms with van der Waals surface area (Å²) in [7, 11) is 1.70. The van der Waals surface area contributed by atoms with Gasteiger partial charge in [-0.3, -0.25) is 4.79 Å². The zero-order valence-corrected chi connectivity index (χ0v) is 11.1. The molecule has 88 valence electrons. The fraction of sp³-hybridized carbons (Fsp3) is 0.909. The monoisotopic (exact) mass is 277 g/mol. The molecule has 1 saturated carbocycles. The second-order valence-corrected chi connectivity index (χ2v) is 5.16. The molecular formula is C11H20BrNO2. The van der Waals surface area contributed by atoms with Gasteiger partial charge in [0, 0.05) is 18.5 Å². The number of carbonyl (C=O) groups is 1. The van der Waals surface area contributed by atoms with Gasteiger partial charge in [-0.25, -0.2) is 0 Å². The summed E-state index contributed by atoms with van der Waals surface area (Å²) < 4.78 is 5.42. The minimum Gasteiger partial charge on any atom is -0.378 e. The molecule has 0 aromatic heterocycles. The first-order valence-electron chi connectivity index (χ1n) is 5.52. The number of alkyl halides is 1. The number of hydrogen-bond donors (Lipinski definition) is 1. The van der Waals surface area contributed by atoms with Crippen LogP contribution in [-0.2, 0) is 9.53 Å². The Morgan fingerprint density at radius 2 is 2.27 bits per heavy atom. The molecule has 1 N–H and O–H groups in total. The Labute approximate surface area is 100 Å². The van der Waals surface area contributed by atoms with Gasteiger partial charge in [0.15, 0.2) is 0 Å². The maximum atomic E-state index is 11.7. The van der Waals surface area contributed by atoms with Crippen LogP contribution in [0.2, 0.25) is 0 Å². The van der Waals surface area contributed by atoms with E-state index >= 15 is 0 Å². The van der Waals surface area contributed by atoms with Gasteiger partial charge >= 0.3 is 0 Å². The number of ether oxygens (including phenoxy) is 1. The van der Waals surface area contributed by atoms with Crippen LogP contribution >= 0.6 is 15.9 Å². The number of rotatable bonds is 6. The zero-order chi connectivity index (χ0) is 11.3. The molecule has 0 bridgehead atoms. The van der Waals surface area contributed by atoms with Crippen LogP contribution in [-0.4, -0.2) is 30.0 Å². The first kappa shape index (κ1) is 13.0. The first-order chi connectivity index (χ1) is 7.12. The highest BCUT2D eigenvalue weighted by Crippen LogP contribution is 2.37. The molecule has 0 spiro atoms. The molecule has 0 saturated heterocycles. The van der Waals surface area contributed by atoms with Gasteiger partial charge in [-0.15, -0.1) is 0 Å². The average Bonchev–Trinajstić information content (AvgIpc) is 2.11. The largest absolute Gasteiger partial charge is 0.378 e. The fourth-order valence-electron chi connectivity index (χ4n) is 1.88. The molecule has 1 rings (SSSR count). The van der Waals surface area contributed by atoms with Crippen molar-refractivity contribution in [3.05, 3.63) is 0 Å². The van der Waals surface area contributed by atoms with Gasteiger partial charge in [-0.2, -0.15) is 0 Å². The van der Waals surface area contributed by atoms with Crippen molar-refractivity contribution in [1.29, 1.82) is 0 Å². The summed E-state index contributed by atoms with van der Waals surface area (Å²) in [5, 5.41) is 3.91. The lowest BCUT2D eigenvalue weighted by Crippen LogP contribution is -2.45. The predicted octanol–water partition coefficient (Wildman–Crippen LogP) is 2.24. The maximum absolute atomic E-state index is 11.7. The van der Waals surface area contributed by atoms with Crippen molar-refractivity contribution in [1.82, 2.24) is 5.32 Å². The normalized spacial score (nSPS) is 20.5. The molecule has 0 aromatic rings. The van der Waals surface area contributed by atoms with Crippen LogP contribution in [0.3, 0.4) is 0 Å². The van der Waals surface area contributed by atoms with Crippen molar-refractivity contribution in [2.24, 2.45) is 0 Å². The summed E-state index contributed by atoms with van der Waals surface area (Å²) in [5.74, 6) is 0.116. The van der Waals surface area contributed by atoms with E-state index in [1.807, 2.05) is 6.92 Å². The Kier molecular flexibility index (Phi) is 5.06. The molecule has 0 aromatic carbocycles. The SMILES string of the molecule is COC1(CC(=O)NC(C)CCBr)CCC1. The van der Waals surface area contributed by atoms with E-state index in [2.05, 4.69) is 21.2 Å². The molecule has 1 aliphatic rings. The molecular weight excluding hydrogens is 258 g/mol. The Morgan fingerprint density at radius 3 is 2.67 bits per heavy atom. The lowest BCUT2D eigenvalue weighted by molar-refractivity contribution is -0.134. The van der Waals surface area contributed by atoms with Crippen molar-refractivity contribution in [2.75, 3.05) is 12.4 Å². The molecule has 3 nitrogen and oxygen atoms in total. The van der Waals surface area contributed by atoms with Crippen LogP contribution < -0.4 is 5.32 Å². The van der Waals surface area contributed by atoms with Crippen molar-refractivity contribution < 1.29 is 9.53 Å². The highest BCUT2D eigenvalue weighted by molar-refractivity contribution is 9.09. The van der Waals surface area contributed by atoms with Gasteiger partial charge in [0.2, 0.25) is 5.91 Å². The van der Waals surface area contributed by atoms with Crippen LogP contribution in [0.1, 0.15) is 39.0 Å². The molecule has 0 heterocycles. The van der Waals surface area contributed by atoms with E-state index in [-0.39, 0.29) is 17.6 Å². The van der Waals surface area contributed by atoms with Crippen molar-refractivity contribution >= 4 is 21.8 Å². The third-order valence-corrected chi connectivity index (χ3v) is 3.59.